The Morgan fingerprint density at radius 1 is 1.21 bits per heavy atom. The van der Waals surface area contributed by atoms with Gasteiger partial charge in [-0.1, -0.05) is 29.3 Å². The van der Waals surface area contributed by atoms with Gasteiger partial charge in [0.2, 0.25) is 0 Å². The van der Waals surface area contributed by atoms with Gasteiger partial charge in [-0.15, -0.1) is 0 Å². The van der Waals surface area contributed by atoms with E-state index in [2.05, 4.69) is 21.2 Å². The Morgan fingerprint density at radius 3 is 2.63 bits per heavy atom. The molecule has 0 aromatic heterocycles. The van der Waals surface area contributed by atoms with Crippen molar-refractivity contribution in [1.29, 1.82) is 0 Å². The Balaban J connectivity index is 2.28. The monoisotopic (exact) mass is 361 g/mol. The minimum absolute atomic E-state index is 0.109. The first-order chi connectivity index (χ1) is 8.99. The molecule has 2 nitrogen and oxygen atoms in total. The maximum atomic E-state index is 13.3. The SMILES string of the molecule is O=C(Nc1ccc(Cl)cc1Cl)c1cccc(F)c1Br. The van der Waals surface area contributed by atoms with Crippen molar-refractivity contribution in [3.8, 4) is 0 Å². The molecule has 2 rings (SSSR count). The zero-order valence-corrected chi connectivity index (χ0v) is 12.5. The summed E-state index contributed by atoms with van der Waals surface area (Å²) in [6.45, 7) is 0. The lowest BCUT2D eigenvalue weighted by atomic mass is 10.2. The molecule has 0 saturated carbocycles. The predicted octanol–water partition coefficient (Wildman–Crippen LogP) is 5.15. The summed E-state index contributed by atoms with van der Waals surface area (Å²) in [4.78, 5) is 12.0. The second-order valence-electron chi connectivity index (χ2n) is 3.68. The minimum Gasteiger partial charge on any atom is -0.321 e. The highest BCUT2D eigenvalue weighted by Crippen LogP contribution is 2.27. The van der Waals surface area contributed by atoms with E-state index in [1.807, 2.05) is 0 Å². The van der Waals surface area contributed by atoms with Crippen LogP contribution in [-0.2, 0) is 0 Å². The van der Waals surface area contributed by atoms with E-state index < -0.39 is 11.7 Å². The van der Waals surface area contributed by atoms with Crippen LogP contribution >= 0.6 is 39.1 Å². The lowest BCUT2D eigenvalue weighted by Crippen LogP contribution is -2.13. The Bertz CT molecular complexity index is 649. The first-order valence-electron chi connectivity index (χ1n) is 5.19. The Hall–Kier alpha value is -1.10. The average Bonchev–Trinajstić information content (AvgIpc) is 2.36. The average molecular weight is 363 g/mol. The molecule has 0 fully saturated rings. The van der Waals surface area contributed by atoms with Crippen molar-refractivity contribution in [2.75, 3.05) is 5.32 Å². The molecule has 2 aromatic carbocycles. The molecule has 0 aliphatic rings. The molecule has 1 amide bonds. The first-order valence-corrected chi connectivity index (χ1v) is 6.74. The summed E-state index contributed by atoms with van der Waals surface area (Å²) in [7, 11) is 0. The molecule has 0 aliphatic carbocycles. The van der Waals surface area contributed by atoms with E-state index in [0.29, 0.717) is 15.7 Å². The summed E-state index contributed by atoms with van der Waals surface area (Å²) in [5.74, 6) is -0.967. The number of benzene rings is 2. The molecule has 0 atom stereocenters. The predicted molar refractivity (Wildman–Crippen MR) is 78.5 cm³/mol. The lowest BCUT2D eigenvalue weighted by Gasteiger charge is -2.09. The summed E-state index contributed by atoms with van der Waals surface area (Å²) >= 11 is 14.7. The number of rotatable bonds is 2. The molecule has 0 bridgehead atoms. The fourth-order valence-corrected chi connectivity index (χ4v) is 2.36. The van der Waals surface area contributed by atoms with Crippen LogP contribution in [0.4, 0.5) is 10.1 Å². The van der Waals surface area contributed by atoms with Gasteiger partial charge in [0.15, 0.2) is 0 Å². The van der Waals surface area contributed by atoms with E-state index in [0.717, 1.165) is 0 Å². The van der Waals surface area contributed by atoms with Crippen molar-refractivity contribution in [3.63, 3.8) is 0 Å². The van der Waals surface area contributed by atoms with Crippen LogP contribution in [0.5, 0.6) is 0 Å². The Morgan fingerprint density at radius 2 is 1.95 bits per heavy atom. The Labute approximate surface area is 127 Å². The smallest absolute Gasteiger partial charge is 0.256 e. The van der Waals surface area contributed by atoms with Gasteiger partial charge in [-0.25, -0.2) is 4.39 Å². The van der Waals surface area contributed by atoms with Crippen LogP contribution in [-0.4, -0.2) is 5.91 Å². The maximum absolute atomic E-state index is 13.3. The number of hydrogen-bond acceptors (Lipinski definition) is 1. The topological polar surface area (TPSA) is 29.1 Å². The fraction of sp³-hybridized carbons (Fsp3) is 0. The van der Waals surface area contributed by atoms with E-state index in [1.165, 1.54) is 24.3 Å². The molecule has 98 valence electrons. The van der Waals surface area contributed by atoms with Crippen LogP contribution in [0.15, 0.2) is 40.9 Å². The minimum atomic E-state index is -0.505. The van der Waals surface area contributed by atoms with Crippen molar-refractivity contribution in [2.24, 2.45) is 0 Å². The zero-order chi connectivity index (χ0) is 14.0. The summed E-state index contributed by atoms with van der Waals surface area (Å²) in [6, 6.07) is 8.92. The van der Waals surface area contributed by atoms with Gasteiger partial charge in [0.25, 0.3) is 5.91 Å². The van der Waals surface area contributed by atoms with Crippen molar-refractivity contribution in [3.05, 3.63) is 62.3 Å². The van der Waals surface area contributed by atoms with Gasteiger partial charge in [0, 0.05) is 5.02 Å². The highest BCUT2D eigenvalue weighted by atomic mass is 79.9. The standard InChI is InChI=1S/C13H7BrCl2FNO/c14-12-8(2-1-3-10(12)17)13(19)18-11-5-4-7(15)6-9(11)16/h1-6H,(H,18,19). The van der Waals surface area contributed by atoms with E-state index in [4.69, 9.17) is 23.2 Å². The van der Waals surface area contributed by atoms with Gasteiger partial charge >= 0.3 is 0 Å². The van der Waals surface area contributed by atoms with Gasteiger partial charge in [-0.2, -0.15) is 0 Å². The fourth-order valence-electron chi connectivity index (χ4n) is 1.46. The molecule has 0 spiro atoms. The van der Waals surface area contributed by atoms with Crippen LogP contribution in [0.3, 0.4) is 0 Å². The van der Waals surface area contributed by atoms with Crippen LogP contribution in [0, 0.1) is 5.82 Å². The normalized spacial score (nSPS) is 10.3. The number of amides is 1. The van der Waals surface area contributed by atoms with E-state index in [-0.39, 0.29) is 10.0 Å². The number of nitrogens with one attached hydrogen (secondary N) is 1. The van der Waals surface area contributed by atoms with Crippen LogP contribution in [0.2, 0.25) is 10.0 Å². The highest BCUT2D eigenvalue weighted by Gasteiger charge is 2.14. The van der Waals surface area contributed by atoms with Gasteiger partial charge < -0.3 is 5.32 Å². The van der Waals surface area contributed by atoms with Gasteiger partial charge in [0.1, 0.15) is 5.82 Å². The summed E-state index contributed by atoms with van der Waals surface area (Å²) < 4.78 is 13.4. The van der Waals surface area contributed by atoms with E-state index in [1.54, 1.807) is 12.1 Å². The third-order valence-corrected chi connectivity index (χ3v) is 3.73. The molecule has 0 aliphatic heterocycles. The number of hydrogen-bond donors (Lipinski definition) is 1. The van der Waals surface area contributed by atoms with Gasteiger partial charge in [-0.05, 0) is 46.3 Å². The second-order valence-corrected chi connectivity index (χ2v) is 5.32. The second kappa shape index (κ2) is 5.90. The molecule has 2 aromatic rings. The van der Waals surface area contributed by atoms with Crippen molar-refractivity contribution < 1.29 is 9.18 Å². The molecule has 0 unspecified atom stereocenters. The maximum Gasteiger partial charge on any atom is 0.256 e. The molecule has 1 N–H and O–H groups in total. The van der Waals surface area contributed by atoms with E-state index in [9.17, 15) is 9.18 Å². The van der Waals surface area contributed by atoms with Crippen LogP contribution in [0.25, 0.3) is 0 Å². The van der Waals surface area contributed by atoms with Crippen LogP contribution in [0.1, 0.15) is 10.4 Å². The number of carbonyl (C=O) groups is 1. The van der Waals surface area contributed by atoms with Crippen molar-refractivity contribution in [1.82, 2.24) is 0 Å². The number of halogens is 4. The third-order valence-electron chi connectivity index (χ3n) is 2.38. The van der Waals surface area contributed by atoms with E-state index >= 15 is 0 Å². The van der Waals surface area contributed by atoms with Crippen molar-refractivity contribution >= 4 is 50.7 Å². The number of carbonyl (C=O) groups excluding carboxylic acids is 1. The molecule has 19 heavy (non-hydrogen) atoms. The van der Waals surface area contributed by atoms with Gasteiger partial charge in [-0.3, -0.25) is 4.79 Å². The zero-order valence-electron chi connectivity index (χ0n) is 9.38. The van der Waals surface area contributed by atoms with Gasteiger partial charge in [0.05, 0.1) is 20.7 Å². The van der Waals surface area contributed by atoms with Crippen LogP contribution < -0.4 is 5.32 Å². The third kappa shape index (κ3) is 3.26. The highest BCUT2D eigenvalue weighted by molar-refractivity contribution is 9.10. The first kappa shape index (κ1) is 14.3. The van der Waals surface area contributed by atoms with Crippen molar-refractivity contribution in [2.45, 2.75) is 0 Å². The Kier molecular flexibility index (Phi) is 4.45. The molecule has 0 heterocycles. The summed E-state index contributed by atoms with van der Waals surface area (Å²) in [6.07, 6.45) is 0. The number of anilines is 1. The lowest BCUT2D eigenvalue weighted by molar-refractivity contribution is 0.102. The molecular formula is C13H7BrCl2FNO. The molecule has 0 radical (unpaired) electrons. The molecule has 6 heteroatoms. The molecule has 0 saturated heterocycles. The largest absolute Gasteiger partial charge is 0.321 e. The summed E-state index contributed by atoms with van der Waals surface area (Å²) in [5, 5.41) is 3.38. The molecular weight excluding hydrogens is 356 g/mol. The quantitative estimate of drug-likeness (QED) is 0.786. The summed E-state index contributed by atoms with van der Waals surface area (Å²) in [5.41, 5.74) is 0.596.